The molecule has 0 aliphatic heterocycles. The number of rotatable bonds is 6. The number of hydrogen-bond acceptors (Lipinski definition) is 4. The van der Waals surface area contributed by atoms with Gasteiger partial charge in [-0.25, -0.2) is 0 Å². The summed E-state index contributed by atoms with van der Waals surface area (Å²) in [5.41, 5.74) is 1.34. The minimum absolute atomic E-state index is 0.173. The number of amides is 2. The Labute approximate surface area is 202 Å². The van der Waals surface area contributed by atoms with Crippen LogP contribution in [0.4, 0.5) is 5.69 Å². The Morgan fingerprint density at radius 3 is 2.25 bits per heavy atom. The standard InChI is InChI=1S/C24H24Cl3N3O2/c1-14(21(28)24(32)30-23(31)16-5-3-2-4-6-16)22(15-7-9-17(25)10-8-15)29-20-12-11-18(26)13-19(20)27/h7-14,16,28H,2-6H2,1H3,(H,30,31,32). The van der Waals surface area contributed by atoms with E-state index < -0.39 is 11.8 Å². The van der Waals surface area contributed by atoms with E-state index in [1.807, 2.05) is 0 Å². The highest BCUT2D eigenvalue weighted by molar-refractivity contribution is 6.45. The molecule has 0 bridgehead atoms. The van der Waals surface area contributed by atoms with Crippen molar-refractivity contribution in [2.45, 2.75) is 39.0 Å². The van der Waals surface area contributed by atoms with Crippen LogP contribution in [0.2, 0.25) is 15.1 Å². The molecule has 2 amide bonds. The van der Waals surface area contributed by atoms with Crippen molar-refractivity contribution in [2.24, 2.45) is 16.8 Å². The van der Waals surface area contributed by atoms with E-state index in [0.29, 0.717) is 32.0 Å². The molecule has 2 N–H and O–H groups in total. The topological polar surface area (TPSA) is 82.4 Å². The quantitative estimate of drug-likeness (QED) is 0.443. The molecule has 1 fully saturated rings. The minimum atomic E-state index is -0.711. The first-order chi connectivity index (χ1) is 15.3. The summed E-state index contributed by atoms with van der Waals surface area (Å²) in [6, 6.07) is 11.9. The van der Waals surface area contributed by atoms with Crippen LogP contribution in [0, 0.1) is 17.2 Å². The molecule has 0 aromatic heterocycles. The number of hydrogen-bond donors (Lipinski definition) is 2. The van der Waals surface area contributed by atoms with Crippen LogP contribution in [-0.4, -0.2) is 23.2 Å². The fraction of sp³-hybridized carbons (Fsp3) is 0.333. The number of benzene rings is 2. The van der Waals surface area contributed by atoms with Gasteiger partial charge in [-0.1, -0.05) is 73.1 Å². The van der Waals surface area contributed by atoms with E-state index >= 15 is 0 Å². The summed E-state index contributed by atoms with van der Waals surface area (Å²) in [6.45, 7) is 1.70. The largest absolute Gasteiger partial charge is 0.299 e. The third-order valence-corrected chi connectivity index (χ3v) is 6.38. The predicted molar refractivity (Wildman–Crippen MR) is 131 cm³/mol. The maximum Gasteiger partial charge on any atom is 0.272 e. The minimum Gasteiger partial charge on any atom is -0.299 e. The smallest absolute Gasteiger partial charge is 0.272 e. The van der Waals surface area contributed by atoms with Gasteiger partial charge >= 0.3 is 0 Å². The molecule has 0 heterocycles. The van der Waals surface area contributed by atoms with Gasteiger partial charge in [-0.05, 0) is 48.7 Å². The van der Waals surface area contributed by atoms with Crippen LogP contribution < -0.4 is 5.32 Å². The third-order valence-electron chi connectivity index (χ3n) is 5.59. The molecule has 3 rings (SSSR count). The van der Waals surface area contributed by atoms with Gasteiger partial charge in [0.1, 0.15) is 5.71 Å². The Kier molecular flexibility index (Phi) is 8.46. The van der Waals surface area contributed by atoms with Crippen molar-refractivity contribution < 1.29 is 9.59 Å². The molecular weight excluding hydrogens is 469 g/mol. The number of carbonyl (C=O) groups is 2. The van der Waals surface area contributed by atoms with E-state index in [1.54, 1.807) is 49.4 Å². The summed E-state index contributed by atoms with van der Waals surface area (Å²) in [7, 11) is 0. The van der Waals surface area contributed by atoms with Crippen molar-refractivity contribution in [1.29, 1.82) is 5.41 Å². The van der Waals surface area contributed by atoms with Crippen molar-refractivity contribution in [2.75, 3.05) is 0 Å². The summed E-state index contributed by atoms with van der Waals surface area (Å²) in [4.78, 5) is 29.8. The highest BCUT2D eigenvalue weighted by atomic mass is 35.5. The van der Waals surface area contributed by atoms with Crippen LogP contribution in [0.3, 0.4) is 0 Å². The number of halogens is 3. The molecule has 1 aliphatic carbocycles. The molecule has 0 spiro atoms. The summed E-state index contributed by atoms with van der Waals surface area (Å²) in [5, 5.41) is 12.2. The average molecular weight is 493 g/mol. The van der Waals surface area contributed by atoms with Gasteiger partial charge in [-0.2, -0.15) is 0 Å². The number of nitrogens with one attached hydrogen (secondary N) is 2. The van der Waals surface area contributed by atoms with E-state index in [9.17, 15) is 9.59 Å². The van der Waals surface area contributed by atoms with E-state index in [-0.39, 0.29) is 17.5 Å². The number of imide groups is 1. The van der Waals surface area contributed by atoms with Gasteiger partial charge in [0.05, 0.1) is 16.4 Å². The SMILES string of the molecule is CC(C(=N)C(=O)NC(=O)C1CCCCC1)C(=Nc1ccc(Cl)cc1Cl)c1ccc(Cl)cc1. The van der Waals surface area contributed by atoms with E-state index in [0.717, 1.165) is 32.1 Å². The van der Waals surface area contributed by atoms with Gasteiger partial charge in [-0.3, -0.25) is 25.3 Å². The number of nitrogens with zero attached hydrogens (tertiary/aromatic N) is 1. The second-order valence-corrected chi connectivity index (χ2v) is 9.17. The molecule has 32 heavy (non-hydrogen) atoms. The molecule has 8 heteroatoms. The second kappa shape index (κ2) is 11.1. The first-order valence-corrected chi connectivity index (χ1v) is 11.6. The lowest BCUT2D eigenvalue weighted by Gasteiger charge is -2.21. The first kappa shape index (κ1) is 24.4. The zero-order chi connectivity index (χ0) is 23.3. The Hall–Kier alpha value is -2.21. The van der Waals surface area contributed by atoms with Crippen molar-refractivity contribution in [1.82, 2.24) is 5.32 Å². The lowest BCUT2D eigenvalue weighted by Crippen LogP contribution is -2.43. The van der Waals surface area contributed by atoms with Crippen molar-refractivity contribution in [3.63, 3.8) is 0 Å². The Balaban J connectivity index is 1.87. The summed E-state index contributed by atoms with van der Waals surface area (Å²) in [6.07, 6.45) is 4.62. The van der Waals surface area contributed by atoms with Crippen molar-refractivity contribution in [3.8, 4) is 0 Å². The van der Waals surface area contributed by atoms with Crippen LogP contribution in [0.1, 0.15) is 44.6 Å². The van der Waals surface area contributed by atoms with Crippen LogP contribution >= 0.6 is 34.8 Å². The number of aliphatic imine (C=N–C) groups is 1. The average Bonchev–Trinajstić information content (AvgIpc) is 2.79. The van der Waals surface area contributed by atoms with Crippen molar-refractivity contribution in [3.05, 3.63) is 63.1 Å². The molecule has 0 saturated heterocycles. The molecule has 2 aromatic rings. The fourth-order valence-corrected chi connectivity index (χ4v) is 4.29. The molecule has 1 saturated carbocycles. The molecule has 5 nitrogen and oxygen atoms in total. The van der Waals surface area contributed by atoms with Crippen LogP contribution in [0.5, 0.6) is 0 Å². The Morgan fingerprint density at radius 1 is 1.00 bits per heavy atom. The number of carbonyl (C=O) groups excluding carboxylic acids is 2. The van der Waals surface area contributed by atoms with E-state index in [2.05, 4.69) is 10.3 Å². The zero-order valence-corrected chi connectivity index (χ0v) is 19.9. The van der Waals surface area contributed by atoms with Crippen LogP contribution in [0.15, 0.2) is 47.5 Å². The van der Waals surface area contributed by atoms with Gasteiger partial charge in [0.2, 0.25) is 5.91 Å². The molecule has 1 unspecified atom stereocenters. The molecule has 1 atom stereocenters. The van der Waals surface area contributed by atoms with E-state index in [4.69, 9.17) is 40.2 Å². The molecule has 0 radical (unpaired) electrons. The molecule has 2 aromatic carbocycles. The summed E-state index contributed by atoms with van der Waals surface area (Å²) in [5.74, 6) is -1.90. The van der Waals surface area contributed by atoms with Gasteiger partial charge in [-0.15, -0.1) is 0 Å². The first-order valence-electron chi connectivity index (χ1n) is 10.5. The highest BCUT2D eigenvalue weighted by Gasteiger charge is 2.28. The van der Waals surface area contributed by atoms with Gasteiger partial charge in [0, 0.05) is 21.9 Å². The van der Waals surface area contributed by atoms with E-state index in [1.165, 1.54) is 0 Å². The predicted octanol–water partition coefficient (Wildman–Crippen LogP) is 6.65. The van der Waals surface area contributed by atoms with Gasteiger partial charge in [0.15, 0.2) is 0 Å². The van der Waals surface area contributed by atoms with Gasteiger partial charge in [0.25, 0.3) is 5.91 Å². The third kappa shape index (κ3) is 6.18. The fourth-order valence-electron chi connectivity index (χ4n) is 3.71. The zero-order valence-electron chi connectivity index (χ0n) is 17.6. The highest BCUT2D eigenvalue weighted by Crippen LogP contribution is 2.30. The Morgan fingerprint density at radius 2 is 1.62 bits per heavy atom. The second-order valence-electron chi connectivity index (χ2n) is 7.89. The molecule has 1 aliphatic rings. The monoisotopic (exact) mass is 491 g/mol. The van der Waals surface area contributed by atoms with Crippen LogP contribution in [0.25, 0.3) is 0 Å². The summed E-state index contributed by atoms with van der Waals surface area (Å²) < 4.78 is 0. The van der Waals surface area contributed by atoms with Gasteiger partial charge < -0.3 is 0 Å². The molecular formula is C24H24Cl3N3O2. The van der Waals surface area contributed by atoms with Crippen molar-refractivity contribution >= 4 is 63.7 Å². The lowest BCUT2D eigenvalue weighted by molar-refractivity contribution is -0.130. The maximum atomic E-state index is 12.7. The van der Waals surface area contributed by atoms with Crippen LogP contribution in [-0.2, 0) is 9.59 Å². The lowest BCUT2D eigenvalue weighted by atomic mass is 9.88. The summed E-state index contributed by atoms with van der Waals surface area (Å²) >= 11 is 18.3. The Bertz CT molecular complexity index is 1040. The normalized spacial score (nSPS) is 15.8. The molecule has 168 valence electrons. The maximum absolute atomic E-state index is 12.7.